The first-order valence-electron chi connectivity index (χ1n) is 5.93. The van der Waals surface area contributed by atoms with Crippen LogP contribution in [-0.2, 0) is 7.05 Å². The molecule has 0 saturated heterocycles. The van der Waals surface area contributed by atoms with Crippen LogP contribution in [0.1, 0.15) is 0 Å². The molecule has 3 rings (SSSR count). The number of ether oxygens (including phenoxy) is 1. The standard InChI is InChI=1S/C13H13N5O2/c1-18-7-15-6-11(18)12-16-13(20-17-12)9-5-8(19-2)3-4-10(9)14/h3-7H,14H2,1-2H3. The molecule has 0 amide bonds. The zero-order valence-electron chi connectivity index (χ0n) is 11.1. The van der Waals surface area contributed by atoms with Crippen molar-refractivity contribution in [2.45, 2.75) is 0 Å². The second-order valence-electron chi connectivity index (χ2n) is 4.27. The van der Waals surface area contributed by atoms with E-state index in [0.717, 1.165) is 5.69 Å². The fraction of sp³-hybridized carbons (Fsp3) is 0.154. The highest BCUT2D eigenvalue weighted by Gasteiger charge is 2.15. The molecule has 7 heteroatoms. The van der Waals surface area contributed by atoms with Gasteiger partial charge in [-0.15, -0.1) is 0 Å². The highest BCUT2D eigenvalue weighted by molar-refractivity contribution is 5.72. The Hall–Kier alpha value is -2.83. The summed E-state index contributed by atoms with van der Waals surface area (Å²) in [4.78, 5) is 8.37. The lowest BCUT2D eigenvalue weighted by Gasteiger charge is -2.03. The van der Waals surface area contributed by atoms with Gasteiger partial charge in [0.05, 0.1) is 25.2 Å². The summed E-state index contributed by atoms with van der Waals surface area (Å²) in [5, 5.41) is 3.95. The summed E-state index contributed by atoms with van der Waals surface area (Å²) in [5.74, 6) is 1.48. The van der Waals surface area contributed by atoms with Gasteiger partial charge in [0.1, 0.15) is 11.4 Å². The summed E-state index contributed by atoms with van der Waals surface area (Å²) in [6.45, 7) is 0. The first-order chi connectivity index (χ1) is 9.69. The van der Waals surface area contributed by atoms with E-state index in [4.69, 9.17) is 15.0 Å². The van der Waals surface area contributed by atoms with Crippen molar-refractivity contribution in [3.63, 3.8) is 0 Å². The van der Waals surface area contributed by atoms with Gasteiger partial charge in [-0.1, -0.05) is 5.16 Å². The molecule has 1 aromatic carbocycles. The van der Waals surface area contributed by atoms with E-state index in [-0.39, 0.29) is 0 Å². The Morgan fingerprint density at radius 1 is 1.35 bits per heavy atom. The topological polar surface area (TPSA) is 92.0 Å². The highest BCUT2D eigenvalue weighted by atomic mass is 16.5. The normalized spacial score (nSPS) is 10.7. The molecule has 0 fully saturated rings. The SMILES string of the molecule is COc1ccc(N)c(-c2nc(-c3cncn3C)no2)c1. The minimum absolute atomic E-state index is 0.345. The van der Waals surface area contributed by atoms with Gasteiger partial charge >= 0.3 is 0 Å². The van der Waals surface area contributed by atoms with Gasteiger partial charge in [-0.05, 0) is 18.2 Å². The zero-order valence-corrected chi connectivity index (χ0v) is 11.1. The van der Waals surface area contributed by atoms with Gasteiger partial charge in [-0.2, -0.15) is 4.98 Å². The number of nitrogens with zero attached hydrogens (tertiary/aromatic N) is 4. The Balaban J connectivity index is 2.04. The Morgan fingerprint density at radius 3 is 2.90 bits per heavy atom. The predicted octanol–water partition coefficient (Wildman–Crippen LogP) is 1.73. The van der Waals surface area contributed by atoms with Gasteiger partial charge in [0.15, 0.2) is 0 Å². The van der Waals surface area contributed by atoms with E-state index in [0.29, 0.717) is 28.7 Å². The molecule has 7 nitrogen and oxygen atoms in total. The van der Waals surface area contributed by atoms with Crippen molar-refractivity contribution in [3.05, 3.63) is 30.7 Å². The van der Waals surface area contributed by atoms with Gasteiger partial charge in [-0.25, -0.2) is 4.98 Å². The Bertz CT molecular complexity index is 747. The molecule has 2 N–H and O–H groups in total. The number of imidazole rings is 1. The third-order valence-corrected chi connectivity index (χ3v) is 2.96. The summed E-state index contributed by atoms with van der Waals surface area (Å²) in [6, 6.07) is 5.27. The summed E-state index contributed by atoms with van der Waals surface area (Å²) in [5.41, 5.74) is 7.89. The largest absolute Gasteiger partial charge is 0.497 e. The number of benzene rings is 1. The molecule has 3 aromatic rings. The molecule has 0 bridgehead atoms. The van der Waals surface area contributed by atoms with Crippen molar-refractivity contribution >= 4 is 5.69 Å². The molecule has 0 aliphatic heterocycles. The maximum Gasteiger partial charge on any atom is 0.260 e. The highest BCUT2D eigenvalue weighted by Crippen LogP contribution is 2.29. The molecule has 0 aliphatic carbocycles. The molecule has 20 heavy (non-hydrogen) atoms. The number of anilines is 1. The molecule has 0 spiro atoms. The van der Waals surface area contributed by atoms with Crippen molar-refractivity contribution in [1.82, 2.24) is 19.7 Å². The van der Waals surface area contributed by atoms with Crippen LogP contribution in [0.25, 0.3) is 23.0 Å². The first kappa shape index (κ1) is 12.2. The average Bonchev–Trinajstić information content (AvgIpc) is 3.08. The second kappa shape index (κ2) is 4.69. The van der Waals surface area contributed by atoms with Gasteiger partial charge < -0.3 is 19.6 Å². The molecule has 2 aromatic heterocycles. The van der Waals surface area contributed by atoms with E-state index < -0.39 is 0 Å². The predicted molar refractivity (Wildman–Crippen MR) is 72.9 cm³/mol. The van der Waals surface area contributed by atoms with Crippen LogP contribution in [0.4, 0.5) is 5.69 Å². The fourth-order valence-corrected chi connectivity index (χ4v) is 1.86. The van der Waals surface area contributed by atoms with Crippen molar-refractivity contribution in [2.75, 3.05) is 12.8 Å². The van der Waals surface area contributed by atoms with Gasteiger partial charge in [0.2, 0.25) is 5.82 Å². The molecule has 102 valence electrons. The summed E-state index contributed by atoms with van der Waals surface area (Å²) in [6.07, 6.45) is 3.34. The molecule has 0 aliphatic rings. The smallest absolute Gasteiger partial charge is 0.260 e. The van der Waals surface area contributed by atoms with E-state index in [1.807, 2.05) is 11.6 Å². The number of nitrogens with two attached hydrogens (primary N) is 1. The van der Waals surface area contributed by atoms with E-state index in [9.17, 15) is 0 Å². The van der Waals surface area contributed by atoms with E-state index in [1.54, 1.807) is 37.8 Å². The van der Waals surface area contributed by atoms with E-state index in [1.165, 1.54) is 0 Å². The molecular weight excluding hydrogens is 258 g/mol. The van der Waals surface area contributed by atoms with Crippen LogP contribution in [0, 0.1) is 0 Å². The minimum atomic E-state index is 0.345. The third-order valence-electron chi connectivity index (χ3n) is 2.96. The first-order valence-corrected chi connectivity index (χ1v) is 5.93. The molecule has 0 unspecified atom stereocenters. The number of nitrogen functional groups attached to an aromatic ring is 1. The molecule has 0 atom stereocenters. The van der Waals surface area contributed by atoms with Gasteiger partial charge in [0.25, 0.3) is 5.89 Å². The monoisotopic (exact) mass is 271 g/mol. The van der Waals surface area contributed by atoms with Crippen LogP contribution in [0.3, 0.4) is 0 Å². The van der Waals surface area contributed by atoms with Crippen LogP contribution in [-0.4, -0.2) is 26.8 Å². The van der Waals surface area contributed by atoms with E-state index in [2.05, 4.69) is 15.1 Å². The number of methoxy groups -OCH3 is 1. The molecule has 0 radical (unpaired) electrons. The minimum Gasteiger partial charge on any atom is -0.497 e. The zero-order chi connectivity index (χ0) is 14.1. The molecule has 0 saturated carbocycles. The lowest BCUT2D eigenvalue weighted by molar-refractivity contribution is 0.413. The number of hydrogen-bond donors (Lipinski definition) is 1. The van der Waals surface area contributed by atoms with Gasteiger partial charge in [-0.3, -0.25) is 0 Å². The number of aryl methyl sites for hydroxylation is 1. The Kier molecular flexibility index (Phi) is 2.86. The molecular formula is C13H13N5O2. The number of aromatic nitrogens is 4. The van der Waals surface area contributed by atoms with Crippen molar-refractivity contribution < 1.29 is 9.26 Å². The van der Waals surface area contributed by atoms with Crippen LogP contribution in [0.5, 0.6) is 5.75 Å². The Morgan fingerprint density at radius 2 is 2.20 bits per heavy atom. The van der Waals surface area contributed by atoms with Crippen LogP contribution >= 0.6 is 0 Å². The quantitative estimate of drug-likeness (QED) is 0.729. The third kappa shape index (κ3) is 1.99. The van der Waals surface area contributed by atoms with E-state index >= 15 is 0 Å². The van der Waals surface area contributed by atoms with Crippen molar-refractivity contribution in [3.8, 4) is 28.7 Å². The maximum atomic E-state index is 5.93. The lowest BCUT2D eigenvalue weighted by Crippen LogP contribution is -1.93. The maximum absolute atomic E-state index is 5.93. The fourth-order valence-electron chi connectivity index (χ4n) is 1.86. The summed E-state index contributed by atoms with van der Waals surface area (Å²) in [7, 11) is 3.45. The van der Waals surface area contributed by atoms with Crippen LogP contribution < -0.4 is 10.5 Å². The lowest BCUT2D eigenvalue weighted by atomic mass is 10.1. The second-order valence-corrected chi connectivity index (χ2v) is 4.27. The molecule has 2 heterocycles. The Labute approximate surface area is 115 Å². The summed E-state index contributed by atoms with van der Waals surface area (Å²) >= 11 is 0. The van der Waals surface area contributed by atoms with Crippen molar-refractivity contribution in [1.29, 1.82) is 0 Å². The average molecular weight is 271 g/mol. The number of rotatable bonds is 3. The van der Waals surface area contributed by atoms with Gasteiger partial charge in [0, 0.05) is 12.7 Å². The van der Waals surface area contributed by atoms with Crippen LogP contribution in [0.2, 0.25) is 0 Å². The number of hydrogen-bond acceptors (Lipinski definition) is 6. The van der Waals surface area contributed by atoms with Crippen molar-refractivity contribution in [2.24, 2.45) is 7.05 Å². The summed E-state index contributed by atoms with van der Waals surface area (Å²) < 4.78 is 12.3. The van der Waals surface area contributed by atoms with Crippen LogP contribution in [0.15, 0.2) is 35.2 Å².